The second-order valence-electron chi connectivity index (χ2n) is 3.85. The van der Waals surface area contributed by atoms with Gasteiger partial charge in [0.05, 0.1) is 6.54 Å². The van der Waals surface area contributed by atoms with Crippen molar-refractivity contribution in [2.45, 2.75) is 13.8 Å². The molecular formula is C12H16N2O3. The molecule has 0 atom stereocenters. The Morgan fingerprint density at radius 3 is 2.76 bits per heavy atom. The second kappa shape index (κ2) is 5.05. The number of ether oxygens (including phenoxy) is 2. The molecule has 0 fully saturated rings. The minimum absolute atomic E-state index is 0.0613. The highest BCUT2D eigenvalue weighted by molar-refractivity contribution is 5.93. The SMILES string of the molecule is CCNCC(=O)Nc1cc2c(cc1C)OCO2. The van der Waals surface area contributed by atoms with Gasteiger partial charge in [-0.15, -0.1) is 0 Å². The van der Waals surface area contributed by atoms with Crippen molar-refractivity contribution in [1.82, 2.24) is 5.32 Å². The summed E-state index contributed by atoms with van der Waals surface area (Å²) in [6, 6.07) is 3.66. The first-order chi connectivity index (χ1) is 8.20. The predicted molar refractivity (Wildman–Crippen MR) is 64.5 cm³/mol. The van der Waals surface area contributed by atoms with Crippen LogP contribution < -0.4 is 20.1 Å². The Morgan fingerprint density at radius 2 is 2.06 bits per heavy atom. The molecule has 0 saturated heterocycles. The van der Waals surface area contributed by atoms with Gasteiger partial charge in [-0.1, -0.05) is 6.92 Å². The molecule has 0 spiro atoms. The van der Waals surface area contributed by atoms with Gasteiger partial charge in [0, 0.05) is 11.8 Å². The van der Waals surface area contributed by atoms with Crippen LogP contribution in [0.2, 0.25) is 0 Å². The van der Waals surface area contributed by atoms with Crippen LogP contribution in [0.4, 0.5) is 5.69 Å². The maximum Gasteiger partial charge on any atom is 0.238 e. The van der Waals surface area contributed by atoms with E-state index in [2.05, 4.69) is 10.6 Å². The lowest BCUT2D eigenvalue weighted by molar-refractivity contribution is -0.115. The molecule has 1 aromatic rings. The number of nitrogens with one attached hydrogen (secondary N) is 2. The number of hydrogen-bond donors (Lipinski definition) is 2. The van der Waals surface area contributed by atoms with E-state index in [1.54, 1.807) is 6.07 Å². The number of rotatable bonds is 4. The van der Waals surface area contributed by atoms with Gasteiger partial charge in [0.15, 0.2) is 11.5 Å². The van der Waals surface area contributed by atoms with E-state index < -0.39 is 0 Å². The van der Waals surface area contributed by atoms with Crippen molar-refractivity contribution >= 4 is 11.6 Å². The van der Waals surface area contributed by atoms with E-state index in [1.165, 1.54) is 0 Å². The van der Waals surface area contributed by atoms with Crippen LogP contribution in [0.5, 0.6) is 11.5 Å². The van der Waals surface area contributed by atoms with Crippen LogP contribution in [-0.4, -0.2) is 25.8 Å². The van der Waals surface area contributed by atoms with E-state index in [1.807, 2.05) is 19.9 Å². The maximum atomic E-state index is 11.6. The third-order valence-electron chi connectivity index (χ3n) is 2.53. The van der Waals surface area contributed by atoms with Crippen LogP contribution >= 0.6 is 0 Å². The number of carbonyl (C=O) groups is 1. The van der Waals surface area contributed by atoms with Gasteiger partial charge >= 0.3 is 0 Å². The molecule has 0 saturated carbocycles. The van der Waals surface area contributed by atoms with Crippen LogP contribution in [0, 0.1) is 6.92 Å². The van der Waals surface area contributed by atoms with Crippen molar-refractivity contribution in [1.29, 1.82) is 0 Å². The molecule has 1 amide bonds. The summed E-state index contributed by atoms with van der Waals surface area (Å²) in [5, 5.41) is 5.81. The molecule has 0 aliphatic carbocycles. The van der Waals surface area contributed by atoms with Crippen molar-refractivity contribution in [2.24, 2.45) is 0 Å². The molecule has 5 heteroatoms. The van der Waals surface area contributed by atoms with Crippen LogP contribution in [0.25, 0.3) is 0 Å². The summed E-state index contributed by atoms with van der Waals surface area (Å²) in [5.74, 6) is 1.34. The van der Waals surface area contributed by atoms with Crippen molar-refractivity contribution in [3.05, 3.63) is 17.7 Å². The molecule has 17 heavy (non-hydrogen) atoms. The average molecular weight is 236 g/mol. The monoisotopic (exact) mass is 236 g/mol. The lowest BCUT2D eigenvalue weighted by Gasteiger charge is -2.09. The van der Waals surface area contributed by atoms with E-state index in [0.717, 1.165) is 23.5 Å². The van der Waals surface area contributed by atoms with Crippen LogP contribution in [-0.2, 0) is 4.79 Å². The Balaban J connectivity index is 2.08. The van der Waals surface area contributed by atoms with E-state index in [0.29, 0.717) is 12.3 Å². The zero-order valence-electron chi connectivity index (χ0n) is 10.0. The highest BCUT2D eigenvalue weighted by atomic mass is 16.7. The van der Waals surface area contributed by atoms with Gasteiger partial charge in [-0.3, -0.25) is 4.79 Å². The lowest BCUT2D eigenvalue weighted by Crippen LogP contribution is -2.27. The summed E-state index contributed by atoms with van der Waals surface area (Å²) in [7, 11) is 0. The Morgan fingerprint density at radius 1 is 1.35 bits per heavy atom. The van der Waals surface area contributed by atoms with E-state index >= 15 is 0 Å². The largest absolute Gasteiger partial charge is 0.454 e. The number of carbonyl (C=O) groups excluding carboxylic acids is 1. The van der Waals surface area contributed by atoms with Gasteiger partial charge in [-0.05, 0) is 25.1 Å². The fourth-order valence-corrected chi connectivity index (χ4v) is 1.61. The highest BCUT2D eigenvalue weighted by Gasteiger charge is 2.16. The highest BCUT2D eigenvalue weighted by Crippen LogP contribution is 2.36. The van der Waals surface area contributed by atoms with Crippen LogP contribution in [0.3, 0.4) is 0 Å². The van der Waals surface area contributed by atoms with E-state index in [-0.39, 0.29) is 12.7 Å². The van der Waals surface area contributed by atoms with Gasteiger partial charge in [0.2, 0.25) is 12.7 Å². The summed E-state index contributed by atoms with van der Waals surface area (Å²) in [6.07, 6.45) is 0. The molecule has 1 aliphatic heterocycles. The van der Waals surface area contributed by atoms with Gasteiger partial charge in [0.1, 0.15) is 0 Å². The standard InChI is InChI=1S/C12H16N2O3/c1-3-13-6-12(15)14-9-5-11-10(4-8(9)2)16-7-17-11/h4-5,13H,3,6-7H2,1-2H3,(H,14,15). The zero-order chi connectivity index (χ0) is 12.3. The molecule has 1 aromatic carbocycles. The molecule has 1 heterocycles. The van der Waals surface area contributed by atoms with Crippen molar-refractivity contribution in [2.75, 3.05) is 25.2 Å². The normalized spacial score (nSPS) is 12.6. The lowest BCUT2D eigenvalue weighted by atomic mass is 10.1. The molecule has 92 valence electrons. The Bertz CT molecular complexity index is 432. The van der Waals surface area contributed by atoms with E-state index in [4.69, 9.17) is 9.47 Å². The first-order valence-electron chi connectivity index (χ1n) is 5.61. The topological polar surface area (TPSA) is 59.6 Å². The van der Waals surface area contributed by atoms with Crippen LogP contribution in [0.1, 0.15) is 12.5 Å². The van der Waals surface area contributed by atoms with Crippen molar-refractivity contribution in [3.8, 4) is 11.5 Å². The quantitative estimate of drug-likeness (QED) is 0.826. The number of anilines is 1. The first kappa shape index (κ1) is 11.7. The molecule has 2 rings (SSSR count). The minimum atomic E-state index is -0.0613. The predicted octanol–water partition coefficient (Wildman–Crippen LogP) is 1.27. The summed E-state index contributed by atoms with van der Waals surface area (Å²) < 4.78 is 10.5. The third kappa shape index (κ3) is 2.68. The number of benzene rings is 1. The maximum absolute atomic E-state index is 11.6. The fraction of sp³-hybridized carbons (Fsp3) is 0.417. The number of likely N-dealkylation sites (N-methyl/N-ethyl adjacent to an activating group) is 1. The molecule has 0 radical (unpaired) electrons. The second-order valence-corrected chi connectivity index (χ2v) is 3.85. The minimum Gasteiger partial charge on any atom is -0.454 e. The smallest absolute Gasteiger partial charge is 0.238 e. The Labute approximate surface area is 100 Å². The molecule has 0 unspecified atom stereocenters. The molecule has 1 aliphatic rings. The van der Waals surface area contributed by atoms with E-state index in [9.17, 15) is 4.79 Å². The van der Waals surface area contributed by atoms with Crippen molar-refractivity contribution < 1.29 is 14.3 Å². The zero-order valence-corrected chi connectivity index (χ0v) is 10.0. The Hall–Kier alpha value is -1.75. The molecule has 0 bridgehead atoms. The van der Waals surface area contributed by atoms with Gasteiger partial charge in [-0.2, -0.15) is 0 Å². The summed E-state index contributed by atoms with van der Waals surface area (Å²) in [6.45, 7) is 5.20. The molecule has 2 N–H and O–H groups in total. The van der Waals surface area contributed by atoms with Crippen molar-refractivity contribution in [3.63, 3.8) is 0 Å². The molecule has 5 nitrogen and oxygen atoms in total. The summed E-state index contributed by atoms with van der Waals surface area (Å²) >= 11 is 0. The molecule has 0 aromatic heterocycles. The van der Waals surface area contributed by atoms with Gasteiger partial charge < -0.3 is 20.1 Å². The van der Waals surface area contributed by atoms with Crippen LogP contribution in [0.15, 0.2) is 12.1 Å². The fourth-order valence-electron chi connectivity index (χ4n) is 1.61. The first-order valence-corrected chi connectivity index (χ1v) is 5.61. The summed E-state index contributed by atoms with van der Waals surface area (Å²) in [5.41, 5.74) is 1.72. The van der Waals surface area contributed by atoms with Gasteiger partial charge in [0.25, 0.3) is 0 Å². The molecular weight excluding hydrogens is 220 g/mol. The average Bonchev–Trinajstić information content (AvgIpc) is 2.74. The van der Waals surface area contributed by atoms with Gasteiger partial charge in [-0.25, -0.2) is 0 Å². The number of hydrogen-bond acceptors (Lipinski definition) is 4. The summed E-state index contributed by atoms with van der Waals surface area (Å²) in [4.78, 5) is 11.6. The third-order valence-corrected chi connectivity index (χ3v) is 2.53. The number of amides is 1. The Kier molecular flexibility index (Phi) is 3.49. The number of fused-ring (bicyclic) bond motifs is 1. The number of aryl methyl sites for hydroxylation is 1.